The number of carbonyl (C=O) groups is 1. The Kier molecular flexibility index (Phi) is 3.15. The van der Waals surface area contributed by atoms with Crippen molar-refractivity contribution >= 4 is 17.2 Å². The second-order valence-electron chi connectivity index (χ2n) is 3.71. The van der Waals surface area contributed by atoms with E-state index in [1.165, 1.54) is 0 Å². The number of amides is 1. The summed E-state index contributed by atoms with van der Waals surface area (Å²) in [7, 11) is 1.62. The Hall–Kier alpha value is -1.81. The predicted molar refractivity (Wildman–Crippen MR) is 69.6 cm³/mol. The predicted octanol–water partition coefficient (Wildman–Crippen LogP) is 2.83. The lowest BCUT2D eigenvalue weighted by Crippen LogP contribution is -2.10. The minimum absolute atomic E-state index is 0.428. The molecule has 88 valence electrons. The number of rotatable bonds is 3. The molecule has 1 aromatic carbocycles. The Bertz CT molecular complexity index is 560. The maximum Gasteiger partial charge on any atom is 0.248 e. The summed E-state index contributed by atoms with van der Waals surface area (Å²) in [5.74, 6) is 0.323. The summed E-state index contributed by atoms with van der Waals surface area (Å²) in [4.78, 5) is 12.3. The highest BCUT2D eigenvalue weighted by atomic mass is 32.1. The Labute approximate surface area is 104 Å². The minimum Gasteiger partial charge on any atom is -0.496 e. The first-order valence-electron chi connectivity index (χ1n) is 5.16. The van der Waals surface area contributed by atoms with Crippen molar-refractivity contribution in [1.82, 2.24) is 0 Å². The van der Waals surface area contributed by atoms with Gasteiger partial charge in [-0.3, -0.25) is 4.79 Å². The van der Waals surface area contributed by atoms with Gasteiger partial charge in [-0.1, -0.05) is 0 Å². The van der Waals surface area contributed by atoms with Gasteiger partial charge in [0.1, 0.15) is 5.75 Å². The quantitative estimate of drug-likeness (QED) is 0.906. The van der Waals surface area contributed by atoms with Gasteiger partial charge in [-0.2, -0.15) is 0 Å². The van der Waals surface area contributed by atoms with Crippen LogP contribution in [0.5, 0.6) is 5.75 Å². The van der Waals surface area contributed by atoms with Crippen LogP contribution in [0.2, 0.25) is 0 Å². The molecule has 0 bridgehead atoms. The van der Waals surface area contributed by atoms with Crippen LogP contribution in [-0.4, -0.2) is 13.0 Å². The molecule has 0 saturated carbocycles. The van der Waals surface area contributed by atoms with Crippen molar-refractivity contribution in [1.29, 1.82) is 0 Å². The summed E-state index contributed by atoms with van der Waals surface area (Å²) in [6.07, 6.45) is 0. The fourth-order valence-electron chi connectivity index (χ4n) is 1.69. The Morgan fingerprint density at radius 3 is 2.65 bits per heavy atom. The van der Waals surface area contributed by atoms with E-state index in [2.05, 4.69) is 0 Å². The average Bonchev–Trinajstić information content (AvgIpc) is 2.74. The van der Waals surface area contributed by atoms with Gasteiger partial charge in [0.2, 0.25) is 5.91 Å². The van der Waals surface area contributed by atoms with E-state index in [1.807, 2.05) is 18.4 Å². The molecule has 0 aliphatic carbocycles. The molecule has 0 aliphatic heterocycles. The van der Waals surface area contributed by atoms with Gasteiger partial charge in [0, 0.05) is 16.0 Å². The molecule has 2 aromatic rings. The smallest absolute Gasteiger partial charge is 0.248 e. The molecule has 2 N–H and O–H groups in total. The van der Waals surface area contributed by atoms with Crippen LogP contribution in [0.25, 0.3) is 10.4 Å². The summed E-state index contributed by atoms with van der Waals surface area (Å²) >= 11 is 1.62. The number of carbonyl (C=O) groups excluding carboxylic acids is 1. The molecule has 0 atom stereocenters. The standard InChI is InChI=1S/C13H13NO2S/c1-8-5-6-17-12(8)10-7-9(13(14)15)3-4-11(10)16-2/h3-7H,1-2H3,(H2,14,15). The van der Waals surface area contributed by atoms with Crippen molar-refractivity contribution in [2.75, 3.05) is 7.11 Å². The van der Waals surface area contributed by atoms with Gasteiger partial charge in [-0.15, -0.1) is 11.3 Å². The molecule has 2 rings (SSSR count). The molecule has 0 radical (unpaired) electrons. The van der Waals surface area contributed by atoms with E-state index in [-0.39, 0.29) is 0 Å². The lowest BCUT2D eigenvalue weighted by atomic mass is 10.1. The van der Waals surface area contributed by atoms with Crippen molar-refractivity contribution in [3.63, 3.8) is 0 Å². The van der Waals surface area contributed by atoms with Crippen LogP contribution in [0.3, 0.4) is 0 Å². The van der Waals surface area contributed by atoms with Crippen LogP contribution in [0.4, 0.5) is 0 Å². The molecule has 0 unspecified atom stereocenters. The first-order valence-corrected chi connectivity index (χ1v) is 6.03. The van der Waals surface area contributed by atoms with E-state index in [1.54, 1.807) is 36.6 Å². The number of aryl methyl sites for hydroxylation is 1. The lowest BCUT2D eigenvalue weighted by Gasteiger charge is -2.09. The molecular weight excluding hydrogens is 234 g/mol. The largest absolute Gasteiger partial charge is 0.496 e. The lowest BCUT2D eigenvalue weighted by molar-refractivity contribution is 0.100. The summed E-state index contributed by atoms with van der Waals surface area (Å²) in [5.41, 5.74) is 7.86. The minimum atomic E-state index is -0.428. The van der Waals surface area contributed by atoms with Crippen molar-refractivity contribution in [2.24, 2.45) is 5.73 Å². The second-order valence-corrected chi connectivity index (χ2v) is 4.63. The van der Waals surface area contributed by atoms with E-state index < -0.39 is 5.91 Å². The number of primary amides is 1. The molecule has 17 heavy (non-hydrogen) atoms. The maximum atomic E-state index is 11.2. The van der Waals surface area contributed by atoms with Crippen LogP contribution in [0, 0.1) is 6.92 Å². The summed E-state index contributed by atoms with van der Waals surface area (Å²) in [6, 6.07) is 7.26. The zero-order valence-corrected chi connectivity index (χ0v) is 10.5. The van der Waals surface area contributed by atoms with E-state index in [0.717, 1.165) is 21.8 Å². The number of methoxy groups -OCH3 is 1. The summed E-state index contributed by atoms with van der Waals surface area (Å²) < 4.78 is 5.31. The van der Waals surface area contributed by atoms with Gasteiger partial charge in [0.25, 0.3) is 0 Å². The number of hydrogen-bond acceptors (Lipinski definition) is 3. The highest BCUT2D eigenvalue weighted by molar-refractivity contribution is 7.13. The molecule has 0 saturated heterocycles. The molecule has 0 aliphatic rings. The van der Waals surface area contributed by atoms with Crippen molar-refractivity contribution in [3.8, 4) is 16.2 Å². The van der Waals surface area contributed by atoms with E-state index >= 15 is 0 Å². The molecular formula is C13H13NO2S. The van der Waals surface area contributed by atoms with Crippen molar-refractivity contribution < 1.29 is 9.53 Å². The van der Waals surface area contributed by atoms with Crippen LogP contribution in [0.15, 0.2) is 29.6 Å². The zero-order valence-electron chi connectivity index (χ0n) is 9.69. The Morgan fingerprint density at radius 1 is 1.35 bits per heavy atom. The number of thiophene rings is 1. The maximum absolute atomic E-state index is 11.2. The summed E-state index contributed by atoms with van der Waals surface area (Å²) in [5, 5.41) is 2.01. The molecule has 1 heterocycles. The normalized spacial score (nSPS) is 10.2. The first-order chi connectivity index (χ1) is 8.13. The van der Waals surface area contributed by atoms with Crippen molar-refractivity contribution in [2.45, 2.75) is 6.92 Å². The van der Waals surface area contributed by atoms with Gasteiger partial charge < -0.3 is 10.5 Å². The molecule has 0 spiro atoms. The van der Waals surface area contributed by atoms with Crippen LogP contribution in [0.1, 0.15) is 15.9 Å². The fourth-order valence-corrected chi connectivity index (χ4v) is 2.64. The van der Waals surface area contributed by atoms with Crippen LogP contribution < -0.4 is 10.5 Å². The SMILES string of the molecule is COc1ccc(C(N)=O)cc1-c1sccc1C. The van der Waals surface area contributed by atoms with Gasteiger partial charge in [-0.25, -0.2) is 0 Å². The first kappa shape index (κ1) is 11.7. The van der Waals surface area contributed by atoms with Gasteiger partial charge in [0.05, 0.1) is 7.11 Å². The Morgan fingerprint density at radius 2 is 2.12 bits per heavy atom. The van der Waals surface area contributed by atoms with Gasteiger partial charge in [-0.05, 0) is 42.1 Å². The van der Waals surface area contributed by atoms with Crippen LogP contribution in [-0.2, 0) is 0 Å². The van der Waals surface area contributed by atoms with Crippen molar-refractivity contribution in [3.05, 3.63) is 40.8 Å². The monoisotopic (exact) mass is 247 g/mol. The molecule has 1 amide bonds. The molecule has 0 fully saturated rings. The second kappa shape index (κ2) is 4.59. The Balaban J connectivity index is 2.61. The third-order valence-corrected chi connectivity index (χ3v) is 3.64. The number of ether oxygens (including phenoxy) is 1. The van der Waals surface area contributed by atoms with E-state index in [4.69, 9.17) is 10.5 Å². The molecule has 3 nitrogen and oxygen atoms in total. The highest BCUT2D eigenvalue weighted by Crippen LogP contribution is 2.36. The molecule has 4 heteroatoms. The number of nitrogens with two attached hydrogens (primary N) is 1. The molecule has 1 aromatic heterocycles. The van der Waals surface area contributed by atoms with Crippen LogP contribution >= 0.6 is 11.3 Å². The van der Waals surface area contributed by atoms with Gasteiger partial charge >= 0.3 is 0 Å². The number of benzene rings is 1. The summed E-state index contributed by atoms with van der Waals surface area (Å²) in [6.45, 7) is 2.03. The topological polar surface area (TPSA) is 52.3 Å². The average molecular weight is 247 g/mol. The van der Waals surface area contributed by atoms with E-state index in [9.17, 15) is 4.79 Å². The van der Waals surface area contributed by atoms with E-state index in [0.29, 0.717) is 5.56 Å². The van der Waals surface area contributed by atoms with Gasteiger partial charge in [0.15, 0.2) is 0 Å². The fraction of sp³-hybridized carbons (Fsp3) is 0.154. The third kappa shape index (κ3) is 2.17. The highest BCUT2D eigenvalue weighted by Gasteiger charge is 2.12. The zero-order chi connectivity index (χ0) is 12.4. The number of hydrogen-bond donors (Lipinski definition) is 1. The third-order valence-electron chi connectivity index (χ3n) is 2.59.